The Kier molecular flexibility index (Phi) is 6.72. The SMILES string of the molecule is CCC(C)C(=O)OC1CC2C3(C)CCC(O)CC3=CCC2(O)C2(O)CCC(O)(C(C)OC(C)=O)C12C. The van der Waals surface area contributed by atoms with Crippen molar-refractivity contribution in [3.63, 3.8) is 0 Å². The number of aliphatic hydroxyl groups excluding tert-OH is 1. The van der Waals surface area contributed by atoms with Crippen molar-refractivity contribution in [1.29, 1.82) is 0 Å². The van der Waals surface area contributed by atoms with E-state index in [4.69, 9.17) is 9.47 Å². The summed E-state index contributed by atoms with van der Waals surface area (Å²) < 4.78 is 11.6. The number of carbonyl (C=O) groups excluding carboxylic acids is 2. The molecular weight excluding hydrogens is 464 g/mol. The van der Waals surface area contributed by atoms with Crippen LogP contribution >= 0.6 is 0 Å². The topological polar surface area (TPSA) is 134 Å². The third-order valence-corrected chi connectivity index (χ3v) is 10.9. The molecule has 0 aromatic heterocycles. The number of fused-ring (bicyclic) bond motifs is 5. The van der Waals surface area contributed by atoms with Gasteiger partial charge in [-0.25, -0.2) is 0 Å². The summed E-state index contributed by atoms with van der Waals surface area (Å²) in [5.74, 6) is -1.79. The zero-order valence-electron chi connectivity index (χ0n) is 22.5. The van der Waals surface area contributed by atoms with Crippen molar-refractivity contribution in [1.82, 2.24) is 0 Å². The summed E-state index contributed by atoms with van der Waals surface area (Å²) >= 11 is 0. The molecule has 10 atom stereocenters. The molecule has 4 aliphatic carbocycles. The highest BCUT2D eigenvalue weighted by Crippen LogP contribution is 2.71. The summed E-state index contributed by atoms with van der Waals surface area (Å²) in [5, 5.41) is 47.5. The normalized spacial score (nSPS) is 47.5. The maximum atomic E-state index is 13.1. The second kappa shape index (κ2) is 8.79. The highest BCUT2D eigenvalue weighted by atomic mass is 16.6. The third kappa shape index (κ3) is 3.47. The van der Waals surface area contributed by atoms with Gasteiger partial charge in [0.25, 0.3) is 0 Å². The minimum Gasteiger partial charge on any atom is -0.461 e. The monoisotopic (exact) mass is 508 g/mol. The van der Waals surface area contributed by atoms with Gasteiger partial charge in [-0.1, -0.05) is 39.3 Å². The Balaban J connectivity index is 1.87. The van der Waals surface area contributed by atoms with Crippen LogP contribution in [0.2, 0.25) is 0 Å². The van der Waals surface area contributed by atoms with Gasteiger partial charge in [-0.3, -0.25) is 9.59 Å². The highest BCUT2D eigenvalue weighted by molar-refractivity contribution is 5.72. The summed E-state index contributed by atoms with van der Waals surface area (Å²) in [4.78, 5) is 24.9. The van der Waals surface area contributed by atoms with Crippen LogP contribution in [0, 0.1) is 22.7 Å². The van der Waals surface area contributed by atoms with Gasteiger partial charge in [-0.15, -0.1) is 0 Å². The lowest BCUT2D eigenvalue weighted by molar-refractivity contribution is -0.327. The van der Waals surface area contributed by atoms with Crippen LogP contribution in [0.3, 0.4) is 0 Å². The Hall–Kier alpha value is -1.48. The molecule has 0 aromatic carbocycles. The van der Waals surface area contributed by atoms with Crippen molar-refractivity contribution >= 4 is 11.9 Å². The first-order valence-electron chi connectivity index (χ1n) is 13.5. The number of aliphatic hydroxyl groups is 4. The minimum atomic E-state index is -1.81. The summed E-state index contributed by atoms with van der Waals surface area (Å²) in [6.07, 6.45) is 2.49. The summed E-state index contributed by atoms with van der Waals surface area (Å²) in [6.45, 7) is 10.3. The van der Waals surface area contributed by atoms with Crippen molar-refractivity contribution < 1.29 is 39.5 Å². The zero-order chi connectivity index (χ0) is 26.9. The largest absolute Gasteiger partial charge is 0.461 e. The molecule has 204 valence electrons. The van der Waals surface area contributed by atoms with E-state index < -0.39 is 63.8 Å². The lowest BCUT2D eigenvalue weighted by atomic mass is 9.42. The molecule has 4 N–H and O–H groups in total. The van der Waals surface area contributed by atoms with Gasteiger partial charge in [-0.2, -0.15) is 0 Å². The molecule has 8 nitrogen and oxygen atoms in total. The zero-order valence-corrected chi connectivity index (χ0v) is 22.5. The molecule has 0 saturated heterocycles. The number of hydrogen-bond donors (Lipinski definition) is 4. The second-order valence-electron chi connectivity index (χ2n) is 12.4. The molecule has 0 aliphatic heterocycles. The number of esters is 2. The predicted octanol–water partition coefficient (Wildman–Crippen LogP) is 2.79. The van der Waals surface area contributed by atoms with Crippen molar-refractivity contribution in [2.24, 2.45) is 22.7 Å². The average Bonchev–Trinajstić information content (AvgIpc) is 3.04. The minimum absolute atomic E-state index is 0.0673. The van der Waals surface area contributed by atoms with Crippen molar-refractivity contribution in [2.45, 2.75) is 128 Å². The molecule has 0 aromatic rings. The summed E-state index contributed by atoms with van der Waals surface area (Å²) in [5.41, 5.74) is -6.07. The van der Waals surface area contributed by atoms with E-state index >= 15 is 0 Å². The van der Waals surface area contributed by atoms with E-state index in [-0.39, 0.29) is 31.6 Å². The Morgan fingerprint density at radius 1 is 1.14 bits per heavy atom. The Morgan fingerprint density at radius 2 is 1.81 bits per heavy atom. The Labute approximate surface area is 214 Å². The van der Waals surface area contributed by atoms with Gasteiger partial charge in [0.15, 0.2) is 0 Å². The van der Waals surface area contributed by atoms with Crippen LogP contribution in [0.15, 0.2) is 11.6 Å². The van der Waals surface area contributed by atoms with Gasteiger partial charge < -0.3 is 29.9 Å². The van der Waals surface area contributed by atoms with Crippen LogP contribution < -0.4 is 0 Å². The summed E-state index contributed by atoms with van der Waals surface area (Å²) in [6, 6.07) is 0. The molecule has 10 unspecified atom stereocenters. The molecule has 0 amide bonds. The maximum Gasteiger partial charge on any atom is 0.308 e. The van der Waals surface area contributed by atoms with E-state index in [0.29, 0.717) is 25.7 Å². The lowest BCUT2D eigenvalue weighted by Gasteiger charge is -2.67. The smallest absolute Gasteiger partial charge is 0.308 e. The van der Waals surface area contributed by atoms with E-state index in [1.54, 1.807) is 20.8 Å². The number of carbonyl (C=O) groups is 2. The molecule has 0 bridgehead atoms. The number of ether oxygens (including phenoxy) is 2. The average molecular weight is 509 g/mol. The van der Waals surface area contributed by atoms with Gasteiger partial charge >= 0.3 is 11.9 Å². The standard InChI is InChI=1S/C28H44O8/c1-7-16(2)23(31)36-22-15-21-24(5)10-9-20(30)14-19(24)8-11-27(21,33)28(34)13-12-26(32,25(22,28)6)17(3)35-18(4)29/h8,16-17,20-22,30,32-34H,7,9-15H2,1-6H3. The van der Waals surface area contributed by atoms with E-state index in [1.165, 1.54) is 6.92 Å². The van der Waals surface area contributed by atoms with Crippen molar-refractivity contribution in [3.05, 3.63) is 11.6 Å². The fourth-order valence-electron chi connectivity index (χ4n) is 8.26. The lowest BCUT2D eigenvalue weighted by Crippen LogP contribution is -2.78. The molecule has 0 radical (unpaired) electrons. The first kappa shape index (κ1) is 27.6. The number of rotatable bonds is 5. The van der Waals surface area contributed by atoms with Crippen molar-refractivity contribution in [3.8, 4) is 0 Å². The van der Waals surface area contributed by atoms with Gasteiger partial charge in [0, 0.05) is 12.8 Å². The molecule has 4 rings (SSSR count). The van der Waals surface area contributed by atoms with E-state index in [2.05, 4.69) is 6.92 Å². The van der Waals surface area contributed by atoms with E-state index in [9.17, 15) is 30.0 Å². The van der Waals surface area contributed by atoms with E-state index in [1.807, 2.05) is 13.0 Å². The molecule has 0 heterocycles. The van der Waals surface area contributed by atoms with Gasteiger partial charge in [-0.05, 0) is 63.7 Å². The Bertz CT molecular complexity index is 948. The molecule has 0 spiro atoms. The third-order valence-electron chi connectivity index (χ3n) is 10.9. The van der Waals surface area contributed by atoms with Crippen LogP contribution in [-0.4, -0.2) is 67.5 Å². The highest BCUT2D eigenvalue weighted by Gasteiger charge is 2.81. The van der Waals surface area contributed by atoms with Crippen LogP contribution in [0.4, 0.5) is 0 Å². The van der Waals surface area contributed by atoms with Crippen LogP contribution in [0.25, 0.3) is 0 Å². The fraction of sp³-hybridized carbons (Fsp3) is 0.857. The van der Waals surface area contributed by atoms with Crippen LogP contribution in [0.5, 0.6) is 0 Å². The quantitative estimate of drug-likeness (QED) is 0.329. The van der Waals surface area contributed by atoms with E-state index in [0.717, 1.165) is 5.57 Å². The number of hydrogen-bond acceptors (Lipinski definition) is 8. The molecule has 3 saturated carbocycles. The van der Waals surface area contributed by atoms with Gasteiger partial charge in [0.1, 0.15) is 29.0 Å². The molecule has 36 heavy (non-hydrogen) atoms. The van der Waals surface area contributed by atoms with Crippen LogP contribution in [0.1, 0.15) is 92.9 Å². The first-order chi connectivity index (χ1) is 16.6. The second-order valence-corrected chi connectivity index (χ2v) is 12.4. The molecule has 4 aliphatic rings. The predicted molar refractivity (Wildman–Crippen MR) is 132 cm³/mol. The first-order valence-corrected chi connectivity index (χ1v) is 13.5. The van der Waals surface area contributed by atoms with Crippen molar-refractivity contribution in [2.75, 3.05) is 0 Å². The Morgan fingerprint density at radius 3 is 2.42 bits per heavy atom. The molecule has 8 heteroatoms. The molecular formula is C28H44O8. The van der Waals surface area contributed by atoms with Crippen LogP contribution in [-0.2, 0) is 19.1 Å². The summed E-state index contributed by atoms with van der Waals surface area (Å²) in [7, 11) is 0. The fourth-order valence-corrected chi connectivity index (χ4v) is 8.26. The maximum absolute atomic E-state index is 13.1. The van der Waals surface area contributed by atoms with Gasteiger partial charge in [0.05, 0.1) is 17.4 Å². The van der Waals surface area contributed by atoms with Gasteiger partial charge in [0.2, 0.25) is 0 Å². The molecule has 3 fully saturated rings.